The van der Waals surface area contributed by atoms with Crippen molar-refractivity contribution < 1.29 is 0 Å². The highest BCUT2D eigenvalue weighted by molar-refractivity contribution is 7.11. The lowest BCUT2D eigenvalue weighted by molar-refractivity contribution is 0.712. The molecule has 3 aromatic rings. The summed E-state index contributed by atoms with van der Waals surface area (Å²) in [6, 6.07) is 6.32. The lowest BCUT2D eigenvalue weighted by Crippen LogP contribution is -2.02. The van der Waals surface area contributed by atoms with Crippen molar-refractivity contribution in [3.63, 3.8) is 0 Å². The van der Waals surface area contributed by atoms with Gasteiger partial charge in [-0.3, -0.25) is 0 Å². The molecule has 0 aliphatic carbocycles. The predicted octanol–water partition coefficient (Wildman–Crippen LogP) is 2.31. The van der Waals surface area contributed by atoms with Crippen LogP contribution < -0.4 is 5.73 Å². The topological polar surface area (TPSA) is 56.7 Å². The zero-order valence-corrected chi connectivity index (χ0v) is 10.9. The van der Waals surface area contributed by atoms with Gasteiger partial charge in [0.2, 0.25) is 0 Å². The molecule has 3 rings (SSSR count). The van der Waals surface area contributed by atoms with Crippen molar-refractivity contribution in [3.05, 3.63) is 45.9 Å². The molecular formula is C13H14N4S. The summed E-state index contributed by atoms with van der Waals surface area (Å²) in [7, 11) is 0. The van der Waals surface area contributed by atoms with Gasteiger partial charge in [-0.1, -0.05) is 0 Å². The Balaban J connectivity index is 1.97. The molecule has 0 fully saturated rings. The molecule has 0 unspecified atom stereocenters. The van der Waals surface area contributed by atoms with E-state index in [4.69, 9.17) is 5.73 Å². The smallest absolute Gasteiger partial charge is 0.158 e. The average molecular weight is 258 g/mol. The van der Waals surface area contributed by atoms with Crippen molar-refractivity contribution in [2.45, 2.75) is 20.0 Å². The second kappa shape index (κ2) is 4.51. The first kappa shape index (κ1) is 11.4. The lowest BCUT2D eigenvalue weighted by atomic mass is 10.2. The van der Waals surface area contributed by atoms with E-state index in [-0.39, 0.29) is 0 Å². The van der Waals surface area contributed by atoms with Gasteiger partial charge in [0.1, 0.15) is 0 Å². The lowest BCUT2D eigenvalue weighted by Gasteiger charge is -2.01. The minimum absolute atomic E-state index is 0.512. The Labute approximate surface area is 109 Å². The quantitative estimate of drug-likeness (QED) is 0.784. The maximum absolute atomic E-state index is 5.61. The Morgan fingerprint density at radius 2 is 2.22 bits per heavy atom. The minimum atomic E-state index is 0.512. The van der Waals surface area contributed by atoms with Gasteiger partial charge in [-0.05, 0) is 30.7 Å². The fourth-order valence-electron chi connectivity index (χ4n) is 1.96. The fraction of sp³-hybridized carbons (Fsp3) is 0.231. The first-order chi connectivity index (χ1) is 8.76. The predicted molar refractivity (Wildman–Crippen MR) is 73.6 cm³/mol. The van der Waals surface area contributed by atoms with Crippen LogP contribution in [0.2, 0.25) is 0 Å². The summed E-state index contributed by atoms with van der Waals surface area (Å²) in [6.45, 7) is 3.40. The number of thiophene rings is 1. The number of nitrogens with zero attached hydrogens (tertiary/aromatic N) is 3. The molecule has 2 N–H and O–H groups in total. The summed E-state index contributed by atoms with van der Waals surface area (Å²) in [5.74, 6) is 0. The Morgan fingerprint density at radius 1 is 1.33 bits per heavy atom. The molecule has 0 saturated carbocycles. The largest absolute Gasteiger partial charge is 0.326 e. The second-order valence-electron chi connectivity index (χ2n) is 4.28. The number of pyridine rings is 1. The standard InChI is InChI=1S/C13H14N4S/c1-9-2-3-12(18-9)8-17-13-11(7-16-17)4-10(5-14)6-15-13/h2-4,6-7H,5,8,14H2,1H3. The number of aryl methyl sites for hydroxylation is 1. The number of nitrogens with two attached hydrogens (primary N) is 1. The van der Waals surface area contributed by atoms with Gasteiger partial charge in [0.15, 0.2) is 5.65 Å². The van der Waals surface area contributed by atoms with Crippen LogP contribution >= 0.6 is 11.3 Å². The monoisotopic (exact) mass is 258 g/mol. The van der Waals surface area contributed by atoms with Crippen molar-refractivity contribution in [1.29, 1.82) is 0 Å². The van der Waals surface area contributed by atoms with Crippen LogP contribution in [0.3, 0.4) is 0 Å². The van der Waals surface area contributed by atoms with Crippen molar-refractivity contribution in [3.8, 4) is 0 Å². The molecule has 4 nitrogen and oxygen atoms in total. The number of aromatic nitrogens is 3. The Bertz CT molecular complexity index is 683. The maximum atomic E-state index is 5.61. The zero-order valence-electron chi connectivity index (χ0n) is 10.1. The highest BCUT2D eigenvalue weighted by Crippen LogP contribution is 2.19. The maximum Gasteiger partial charge on any atom is 0.158 e. The summed E-state index contributed by atoms with van der Waals surface area (Å²) >= 11 is 1.79. The molecule has 3 aromatic heterocycles. The third-order valence-corrected chi connectivity index (χ3v) is 3.86. The van der Waals surface area contributed by atoms with Gasteiger partial charge in [-0.25, -0.2) is 9.67 Å². The van der Waals surface area contributed by atoms with Gasteiger partial charge in [-0.2, -0.15) is 5.10 Å². The molecule has 0 amide bonds. The number of fused-ring (bicyclic) bond motifs is 1. The van der Waals surface area contributed by atoms with Crippen LogP contribution in [0.1, 0.15) is 15.3 Å². The molecule has 0 bridgehead atoms. The fourth-order valence-corrected chi connectivity index (χ4v) is 2.84. The van der Waals surface area contributed by atoms with Gasteiger partial charge in [-0.15, -0.1) is 11.3 Å². The highest BCUT2D eigenvalue weighted by atomic mass is 32.1. The van der Waals surface area contributed by atoms with Crippen LogP contribution in [0.25, 0.3) is 11.0 Å². The molecule has 5 heteroatoms. The van der Waals surface area contributed by atoms with E-state index in [2.05, 4.69) is 29.1 Å². The van der Waals surface area contributed by atoms with Gasteiger partial charge < -0.3 is 5.73 Å². The molecule has 3 heterocycles. The highest BCUT2D eigenvalue weighted by Gasteiger charge is 2.06. The third kappa shape index (κ3) is 2.02. The summed E-state index contributed by atoms with van der Waals surface area (Å²) in [4.78, 5) is 7.05. The summed E-state index contributed by atoms with van der Waals surface area (Å²) in [5.41, 5.74) is 7.56. The van der Waals surface area contributed by atoms with Gasteiger partial charge in [0.05, 0.1) is 12.7 Å². The first-order valence-corrected chi connectivity index (χ1v) is 6.64. The van der Waals surface area contributed by atoms with E-state index in [0.717, 1.165) is 23.1 Å². The Morgan fingerprint density at radius 3 is 2.94 bits per heavy atom. The molecular weight excluding hydrogens is 244 g/mol. The molecule has 92 valence electrons. The molecule has 0 aliphatic rings. The molecule has 0 saturated heterocycles. The van der Waals surface area contributed by atoms with Crippen LogP contribution in [0.15, 0.2) is 30.6 Å². The number of rotatable bonds is 3. The van der Waals surface area contributed by atoms with Crippen LogP contribution in [-0.2, 0) is 13.1 Å². The molecule has 0 atom stereocenters. The molecule has 0 spiro atoms. The van der Waals surface area contributed by atoms with Crippen LogP contribution in [0, 0.1) is 6.92 Å². The molecule has 0 aromatic carbocycles. The van der Waals surface area contributed by atoms with Gasteiger partial charge >= 0.3 is 0 Å². The van der Waals surface area contributed by atoms with Crippen LogP contribution in [0.5, 0.6) is 0 Å². The van der Waals surface area contributed by atoms with E-state index in [1.165, 1.54) is 9.75 Å². The molecule has 0 radical (unpaired) electrons. The van der Waals surface area contributed by atoms with Crippen molar-refractivity contribution >= 4 is 22.4 Å². The SMILES string of the molecule is Cc1ccc(Cn2ncc3cc(CN)cnc32)s1. The first-order valence-electron chi connectivity index (χ1n) is 5.82. The van der Waals surface area contributed by atoms with E-state index in [9.17, 15) is 0 Å². The Kier molecular flexibility index (Phi) is 2.85. The third-order valence-electron chi connectivity index (χ3n) is 2.87. The Hall–Kier alpha value is -1.72. The van der Waals surface area contributed by atoms with Crippen molar-refractivity contribution in [1.82, 2.24) is 14.8 Å². The summed E-state index contributed by atoms with van der Waals surface area (Å²) in [5, 5.41) is 5.44. The second-order valence-corrected chi connectivity index (χ2v) is 5.65. The van der Waals surface area contributed by atoms with E-state index < -0.39 is 0 Å². The summed E-state index contributed by atoms with van der Waals surface area (Å²) in [6.07, 6.45) is 3.67. The minimum Gasteiger partial charge on any atom is -0.326 e. The zero-order chi connectivity index (χ0) is 12.5. The van der Waals surface area contributed by atoms with Crippen molar-refractivity contribution in [2.24, 2.45) is 5.73 Å². The van der Waals surface area contributed by atoms with E-state index in [1.807, 2.05) is 23.1 Å². The van der Waals surface area contributed by atoms with E-state index in [0.29, 0.717) is 6.54 Å². The number of hydrogen-bond donors (Lipinski definition) is 1. The normalized spacial score (nSPS) is 11.2. The van der Waals surface area contributed by atoms with E-state index in [1.54, 1.807) is 11.3 Å². The average Bonchev–Trinajstić information content (AvgIpc) is 2.96. The van der Waals surface area contributed by atoms with Gasteiger partial charge in [0, 0.05) is 27.9 Å². The van der Waals surface area contributed by atoms with Crippen LogP contribution in [0.4, 0.5) is 0 Å². The van der Waals surface area contributed by atoms with Gasteiger partial charge in [0.25, 0.3) is 0 Å². The van der Waals surface area contributed by atoms with Crippen molar-refractivity contribution in [2.75, 3.05) is 0 Å². The van der Waals surface area contributed by atoms with Crippen LogP contribution in [-0.4, -0.2) is 14.8 Å². The summed E-state index contributed by atoms with van der Waals surface area (Å²) < 4.78 is 1.93. The molecule has 0 aliphatic heterocycles. The number of hydrogen-bond acceptors (Lipinski definition) is 4. The van der Waals surface area contributed by atoms with E-state index >= 15 is 0 Å². The molecule has 18 heavy (non-hydrogen) atoms.